The summed E-state index contributed by atoms with van der Waals surface area (Å²) in [4.78, 5) is 0. The van der Waals surface area contributed by atoms with Crippen LogP contribution in [0.2, 0.25) is 0 Å². The number of nitrogens with one attached hydrogen (secondary N) is 1. The van der Waals surface area contributed by atoms with Crippen molar-refractivity contribution >= 4 is 31.5 Å². The third-order valence-corrected chi connectivity index (χ3v) is 5.97. The Labute approximate surface area is 123 Å². The summed E-state index contributed by atoms with van der Waals surface area (Å²) in [5, 5.41) is 3.41. The van der Waals surface area contributed by atoms with Crippen molar-refractivity contribution in [2.24, 2.45) is 5.92 Å². The second-order valence-electron chi connectivity index (χ2n) is 5.16. The number of anilines is 1. The molecule has 1 aromatic carbocycles. The highest BCUT2D eigenvalue weighted by Gasteiger charge is 2.24. The van der Waals surface area contributed by atoms with Gasteiger partial charge >= 0.3 is 0 Å². The number of hydrogen-bond acceptors (Lipinski definition) is 3. The topological polar surface area (TPSA) is 46.2 Å². The molecule has 0 radical (unpaired) electrons. The van der Waals surface area contributed by atoms with Gasteiger partial charge in [-0.25, -0.2) is 8.42 Å². The highest BCUT2D eigenvalue weighted by Crippen LogP contribution is 2.23. The molecule has 1 unspecified atom stereocenters. The van der Waals surface area contributed by atoms with Crippen LogP contribution < -0.4 is 5.32 Å². The van der Waals surface area contributed by atoms with Crippen LogP contribution in [0, 0.1) is 5.92 Å². The van der Waals surface area contributed by atoms with Crippen molar-refractivity contribution < 1.29 is 8.42 Å². The maximum Gasteiger partial charge on any atom is 0.150 e. The van der Waals surface area contributed by atoms with E-state index in [0.29, 0.717) is 11.5 Å². The van der Waals surface area contributed by atoms with Gasteiger partial charge in [0.25, 0.3) is 0 Å². The van der Waals surface area contributed by atoms with Gasteiger partial charge in [-0.15, -0.1) is 0 Å². The molecular formula is C14H20BrNO2S. The van der Waals surface area contributed by atoms with Crippen molar-refractivity contribution in [2.45, 2.75) is 26.2 Å². The Kier molecular flexibility index (Phi) is 4.90. The molecule has 1 saturated heterocycles. The van der Waals surface area contributed by atoms with Gasteiger partial charge in [-0.05, 0) is 48.9 Å². The van der Waals surface area contributed by atoms with E-state index in [4.69, 9.17) is 0 Å². The smallest absolute Gasteiger partial charge is 0.150 e. The summed E-state index contributed by atoms with van der Waals surface area (Å²) in [6, 6.07) is 6.18. The molecule has 1 atom stereocenters. The van der Waals surface area contributed by atoms with E-state index in [-0.39, 0.29) is 5.92 Å². The minimum absolute atomic E-state index is 0.243. The second-order valence-corrected chi connectivity index (χ2v) is 8.30. The number of aryl methyl sites for hydroxylation is 1. The zero-order chi connectivity index (χ0) is 13.9. The molecule has 0 aliphatic carbocycles. The van der Waals surface area contributed by atoms with Gasteiger partial charge in [0.15, 0.2) is 9.84 Å². The normalized spacial score (nSPS) is 22.1. The maximum absolute atomic E-state index is 11.6. The van der Waals surface area contributed by atoms with Crippen LogP contribution in [0.5, 0.6) is 0 Å². The van der Waals surface area contributed by atoms with Gasteiger partial charge in [-0.2, -0.15) is 0 Å². The molecule has 106 valence electrons. The molecule has 1 fully saturated rings. The van der Waals surface area contributed by atoms with Crippen LogP contribution in [0.1, 0.15) is 25.3 Å². The predicted molar refractivity (Wildman–Crippen MR) is 83.4 cm³/mol. The first-order valence-electron chi connectivity index (χ1n) is 6.73. The Balaban J connectivity index is 1.99. The average Bonchev–Trinajstić information content (AvgIpc) is 2.36. The fraction of sp³-hybridized carbons (Fsp3) is 0.571. The Morgan fingerprint density at radius 2 is 2.21 bits per heavy atom. The van der Waals surface area contributed by atoms with Crippen molar-refractivity contribution in [3.63, 3.8) is 0 Å². The van der Waals surface area contributed by atoms with Crippen LogP contribution in [0.4, 0.5) is 5.69 Å². The van der Waals surface area contributed by atoms with E-state index in [2.05, 4.69) is 40.3 Å². The highest BCUT2D eigenvalue weighted by molar-refractivity contribution is 9.10. The van der Waals surface area contributed by atoms with Crippen LogP contribution in [0.15, 0.2) is 22.7 Å². The first-order chi connectivity index (χ1) is 9.00. The van der Waals surface area contributed by atoms with Crippen LogP contribution in [-0.4, -0.2) is 26.5 Å². The van der Waals surface area contributed by atoms with Crippen molar-refractivity contribution in [1.82, 2.24) is 0 Å². The Morgan fingerprint density at radius 3 is 2.89 bits per heavy atom. The number of rotatable bonds is 4. The zero-order valence-electron chi connectivity index (χ0n) is 11.2. The summed E-state index contributed by atoms with van der Waals surface area (Å²) in [6.07, 6.45) is 2.77. The minimum Gasteiger partial charge on any atom is -0.385 e. The van der Waals surface area contributed by atoms with E-state index in [1.165, 1.54) is 5.56 Å². The molecule has 0 bridgehead atoms. The lowest BCUT2D eigenvalue weighted by atomic mass is 10.0. The molecule has 1 aliphatic heterocycles. The quantitative estimate of drug-likeness (QED) is 0.910. The maximum atomic E-state index is 11.6. The fourth-order valence-corrected chi connectivity index (χ4v) is 4.74. The first-order valence-corrected chi connectivity index (χ1v) is 9.34. The fourth-order valence-electron chi connectivity index (χ4n) is 2.56. The Morgan fingerprint density at radius 1 is 1.42 bits per heavy atom. The Hall–Kier alpha value is -0.550. The molecule has 1 N–H and O–H groups in total. The SMILES string of the molecule is CCc1cc(Br)ccc1NCC1CCCS(=O)(=O)C1. The molecule has 0 aromatic heterocycles. The van der Waals surface area contributed by atoms with Crippen molar-refractivity contribution in [1.29, 1.82) is 0 Å². The summed E-state index contributed by atoms with van der Waals surface area (Å²) < 4.78 is 24.3. The predicted octanol–water partition coefficient (Wildman–Crippen LogP) is 3.25. The summed E-state index contributed by atoms with van der Waals surface area (Å²) >= 11 is 3.47. The van der Waals surface area contributed by atoms with E-state index in [1.54, 1.807) is 0 Å². The van der Waals surface area contributed by atoms with Crippen LogP contribution in [0.3, 0.4) is 0 Å². The van der Waals surface area contributed by atoms with Gasteiger partial charge < -0.3 is 5.32 Å². The molecular weight excluding hydrogens is 326 g/mol. The third-order valence-electron chi connectivity index (χ3n) is 3.59. The average molecular weight is 346 g/mol. The summed E-state index contributed by atoms with van der Waals surface area (Å²) in [5.41, 5.74) is 2.38. The van der Waals surface area contributed by atoms with Crippen molar-refractivity contribution in [3.05, 3.63) is 28.2 Å². The van der Waals surface area contributed by atoms with Crippen molar-refractivity contribution in [3.8, 4) is 0 Å². The number of benzene rings is 1. The summed E-state index contributed by atoms with van der Waals surface area (Å²) in [5.74, 6) is 0.937. The first kappa shape index (κ1) is 14.9. The number of halogens is 1. The van der Waals surface area contributed by atoms with E-state index >= 15 is 0 Å². The molecule has 1 aliphatic rings. The van der Waals surface area contributed by atoms with Gasteiger partial charge in [0, 0.05) is 16.7 Å². The lowest BCUT2D eigenvalue weighted by molar-refractivity contribution is 0.502. The molecule has 0 amide bonds. The number of hydrogen-bond donors (Lipinski definition) is 1. The van der Waals surface area contributed by atoms with Gasteiger partial charge in [0.2, 0.25) is 0 Å². The lowest BCUT2D eigenvalue weighted by Gasteiger charge is -2.23. The molecule has 2 rings (SSSR count). The molecule has 3 nitrogen and oxygen atoms in total. The van der Waals surface area contributed by atoms with Gasteiger partial charge in [0.05, 0.1) is 11.5 Å². The standard InChI is InChI=1S/C14H20BrNO2S/c1-2-12-8-13(15)5-6-14(12)16-9-11-4-3-7-19(17,18)10-11/h5-6,8,11,16H,2-4,7,9-10H2,1H3. The van der Waals surface area contributed by atoms with Crippen LogP contribution >= 0.6 is 15.9 Å². The van der Waals surface area contributed by atoms with Gasteiger partial charge in [0.1, 0.15) is 0 Å². The van der Waals surface area contributed by atoms with Gasteiger partial charge in [-0.1, -0.05) is 22.9 Å². The van der Waals surface area contributed by atoms with E-state index in [1.807, 2.05) is 6.07 Å². The largest absolute Gasteiger partial charge is 0.385 e. The molecule has 5 heteroatoms. The molecule has 1 aromatic rings. The van der Waals surface area contributed by atoms with E-state index in [9.17, 15) is 8.42 Å². The minimum atomic E-state index is -2.81. The summed E-state index contributed by atoms with van der Waals surface area (Å²) in [6.45, 7) is 2.87. The van der Waals surface area contributed by atoms with E-state index < -0.39 is 9.84 Å². The highest BCUT2D eigenvalue weighted by atomic mass is 79.9. The number of sulfone groups is 1. The van der Waals surface area contributed by atoms with Gasteiger partial charge in [-0.3, -0.25) is 0 Å². The molecule has 1 heterocycles. The lowest BCUT2D eigenvalue weighted by Crippen LogP contribution is -2.29. The third kappa shape index (κ3) is 4.21. The van der Waals surface area contributed by atoms with Crippen LogP contribution in [-0.2, 0) is 16.3 Å². The molecule has 0 saturated carbocycles. The molecule has 19 heavy (non-hydrogen) atoms. The van der Waals surface area contributed by atoms with E-state index in [0.717, 1.165) is 36.0 Å². The molecule has 0 spiro atoms. The second kappa shape index (κ2) is 6.27. The van der Waals surface area contributed by atoms with Crippen LogP contribution in [0.25, 0.3) is 0 Å². The zero-order valence-corrected chi connectivity index (χ0v) is 13.6. The van der Waals surface area contributed by atoms with Crippen molar-refractivity contribution in [2.75, 3.05) is 23.4 Å². The summed E-state index contributed by atoms with van der Waals surface area (Å²) in [7, 11) is -2.81. The monoisotopic (exact) mass is 345 g/mol. The Bertz CT molecular complexity index is 542.